The molecule has 0 amide bonds. The standard InChI is InChI=1S/C14H17ClFN/c1-3-5-6-14(17-9-4-2)11-7-8-12(15)13(16)10-11/h1,7-8,10,14,17H,4-6,9H2,2H3. The normalized spacial score (nSPS) is 12.1. The van der Waals surface area contributed by atoms with Crippen LogP contribution >= 0.6 is 11.6 Å². The molecule has 0 spiro atoms. The third-order valence-corrected chi connectivity index (χ3v) is 2.87. The fraction of sp³-hybridized carbons (Fsp3) is 0.429. The van der Waals surface area contributed by atoms with E-state index >= 15 is 0 Å². The molecule has 1 nitrogen and oxygen atoms in total. The average molecular weight is 254 g/mol. The number of hydrogen-bond acceptors (Lipinski definition) is 1. The predicted octanol–water partition coefficient (Wildman–Crippen LogP) is 3.93. The number of benzene rings is 1. The van der Waals surface area contributed by atoms with E-state index in [1.165, 1.54) is 6.07 Å². The number of terminal acetylenes is 1. The van der Waals surface area contributed by atoms with Gasteiger partial charge in [-0.05, 0) is 37.1 Å². The Labute approximate surface area is 107 Å². The van der Waals surface area contributed by atoms with Gasteiger partial charge in [-0.25, -0.2) is 4.39 Å². The van der Waals surface area contributed by atoms with E-state index in [4.69, 9.17) is 18.0 Å². The molecule has 1 unspecified atom stereocenters. The van der Waals surface area contributed by atoms with Crippen LogP contribution in [-0.4, -0.2) is 6.54 Å². The molecule has 0 aliphatic heterocycles. The zero-order chi connectivity index (χ0) is 12.7. The summed E-state index contributed by atoms with van der Waals surface area (Å²) in [4.78, 5) is 0. The van der Waals surface area contributed by atoms with Crippen molar-refractivity contribution in [1.29, 1.82) is 0 Å². The summed E-state index contributed by atoms with van der Waals surface area (Å²) in [6.45, 7) is 2.98. The Hall–Kier alpha value is -1.04. The van der Waals surface area contributed by atoms with Crippen molar-refractivity contribution in [3.8, 4) is 12.3 Å². The second kappa shape index (κ2) is 7.32. The summed E-state index contributed by atoms with van der Waals surface area (Å²) in [5.74, 6) is 2.23. The van der Waals surface area contributed by atoms with Crippen LogP contribution in [0.1, 0.15) is 37.8 Å². The van der Waals surface area contributed by atoms with Gasteiger partial charge in [0, 0.05) is 12.5 Å². The van der Waals surface area contributed by atoms with Gasteiger partial charge in [0.25, 0.3) is 0 Å². The van der Waals surface area contributed by atoms with Gasteiger partial charge < -0.3 is 5.32 Å². The van der Waals surface area contributed by atoms with Gasteiger partial charge in [-0.2, -0.15) is 0 Å². The molecule has 0 saturated heterocycles. The maximum absolute atomic E-state index is 13.4. The molecule has 0 radical (unpaired) electrons. The lowest BCUT2D eigenvalue weighted by Crippen LogP contribution is -2.22. The summed E-state index contributed by atoms with van der Waals surface area (Å²) in [5.41, 5.74) is 0.899. The number of halogens is 2. The van der Waals surface area contributed by atoms with E-state index < -0.39 is 0 Å². The Morgan fingerprint density at radius 2 is 2.29 bits per heavy atom. The first-order valence-corrected chi connectivity index (χ1v) is 6.18. The summed E-state index contributed by atoms with van der Waals surface area (Å²) < 4.78 is 13.4. The SMILES string of the molecule is C#CCCC(NCCC)c1ccc(Cl)c(F)c1. The van der Waals surface area contributed by atoms with Gasteiger partial charge in [0.2, 0.25) is 0 Å². The van der Waals surface area contributed by atoms with Crippen LogP contribution in [0.15, 0.2) is 18.2 Å². The van der Waals surface area contributed by atoms with E-state index in [1.807, 2.05) is 6.07 Å². The highest BCUT2D eigenvalue weighted by molar-refractivity contribution is 6.30. The van der Waals surface area contributed by atoms with Crippen LogP contribution in [-0.2, 0) is 0 Å². The Kier molecular flexibility index (Phi) is 6.04. The Bertz CT molecular complexity index is 398. The van der Waals surface area contributed by atoms with Gasteiger partial charge in [0.05, 0.1) is 5.02 Å². The first kappa shape index (κ1) is 14.0. The Morgan fingerprint density at radius 1 is 1.53 bits per heavy atom. The molecule has 1 N–H and O–H groups in total. The first-order valence-electron chi connectivity index (χ1n) is 5.80. The van der Waals surface area contributed by atoms with Crippen LogP contribution in [0.4, 0.5) is 4.39 Å². The number of rotatable bonds is 6. The minimum atomic E-state index is -0.381. The molecule has 0 aliphatic carbocycles. The van der Waals surface area contributed by atoms with Crippen molar-refractivity contribution < 1.29 is 4.39 Å². The third-order valence-electron chi connectivity index (χ3n) is 2.56. The highest BCUT2D eigenvalue weighted by atomic mass is 35.5. The van der Waals surface area contributed by atoms with Crippen LogP contribution in [0, 0.1) is 18.2 Å². The lowest BCUT2D eigenvalue weighted by molar-refractivity contribution is 0.502. The van der Waals surface area contributed by atoms with E-state index in [1.54, 1.807) is 6.07 Å². The number of nitrogens with one attached hydrogen (secondary N) is 1. The highest BCUT2D eigenvalue weighted by Crippen LogP contribution is 2.23. The van der Waals surface area contributed by atoms with Gasteiger partial charge in [0.15, 0.2) is 0 Å². The van der Waals surface area contributed by atoms with Gasteiger partial charge >= 0.3 is 0 Å². The lowest BCUT2D eigenvalue weighted by atomic mass is 10.0. The topological polar surface area (TPSA) is 12.0 Å². The van der Waals surface area contributed by atoms with E-state index in [-0.39, 0.29) is 16.9 Å². The second-order valence-corrected chi connectivity index (χ2v) is 4.33. The van der Waals surface area contributed by atoms with Crippen LogP contribution < -0.4 is 5.32 Å². The third kappa shape index (κ3) is 4.38. The van der Waals surface area contributed by atoms with E-state index in [9.17, 15) is 4.39 Å². The molecule has 0 aromatic heterocycles. The molecule has 0 bridgehead atoms. The molecular formula is C14H17ClFN. The molecule has 1 aromatic carbocycles. The molecule has 1 atom stereocenters. The van der Waals surface area contributed by atoms with E-state index in [2.05, 4.69) is 18.2 Å². The minimum Gasteiger partial charge on any atom is -0.310 e. The molecule has 1 rings (SSSR count). The molecule has 17 heavy (non-hydrogen) atoms. The average Bonchev–Trinajstić information content (AvgIpc) is 2.33. The molecule has 3 heteroatoms. The molecule has 0 heterocycles. The maximum atomic E-state index is 13.4. The van der Waals surface area contributed by atoms with Crippen molar-refractivity contribution in [1.82, 2.24) is 5.32 Å². The summed E-state index contributed by atoms with van der Waals surface area (Å²) >= 11 is 5.67. The van der Waals surface area contributed by atoms with Crippen LogP contribution in [0.25, 0.3) is 0 Å². The lowest BCUT2D eigenvalue weighted by Gasteiger charge is -2.18. The molecule has 0 aliphatic rings. The largest absolute Gasteiger partial charge is 0.310 e. The summed E-state index contributed by atoms with van der Waals surface area (Å²) in [6.07, 6.45) is 7.77. The molecule has 92 valence electrons. The summed E-state index contributed by atoms with van der Waals surface area (Å²) in [6, 6.07) is 5.00. The summed E-state index contributed by atoms with van der Waals surface area (Å²) in [5, 5.41) is 3.51. The van der Waals surface area contributed by atoms with Crippen molar-refractivity contribution in [2.24, 2.45) is 0 Å². The van der Waals surface area contributed by atoms with Crippen molar-refractivity contribution in [3.05, 3.63) is 34.6 Å². The van der Waals surface area contributed by atoms with Crippen molar-refractivity contribution in [3.63, 3.8) is 0 Å². The quantitative estimate of drug-likeness (QED) is 0.758. The Balaban J connectivity index is 2.80. The monoisotopic (exact) mass is 253 g/mol. The maximum Gasteiger partial charge on any atom is 0.142 e. The van der Waals surface area contributed by atoms with Crippen molar-refractivity contribution in [2.75, 3.05) is 6.54 Å². The molecular weight excluding hydrogens is 237 g/mol. The molecule has 0 saturated carbocycles. The van der Waals surface area contributed by atoms with Crippen LogP contribution in [0.3, 0.4) is 0 Å². The van der Waals surface area contributed by atoms with Crippen LogP contribution in [0.2, 0.25) is 5.02 Å². The van der Waals surface area contributed by atoms with E-state index in [0.29, 0.717) is 6.42 Å². The predicted molar refractivity (Wildman–Crippen MR) is 70.5 cm³/mol. The Morgan fingerprint density at radius 3 is 2.88 bits per heavy atom. The van der Waals surface area contributed by atoms with Crippen molar-refractivity contribution in [2.45, 2.75) is 32.2 Å². The van der Waals surface area contributed by atoms with Gasteiger partial charge in [-0.3, -0.25) is 0 Å². The minimum absolute atomic E-state index is 0.0952. The molecule has 1 aromatic rings. The van der Waals surface area contributed by atoms with Gasteiger partial charge in [0.1, 0.15) is 5.82 Å². The fourth-order valence-corrected chi connectivity index (χ4v) is 1.78. The van der Waals surface area contributed by atoms with Crippen molar-refractivity contribution >= 4 is 11.6 Å². The first-order chi connectivity index (χ1) is 8.19. The second-order valence-electron chi connectivity index (χ2n) is 3.92. The van der Waals surface area contributed by atoms with Gasteiger partial charge in [-0.15, -0.1) is 12.3 Å². The molecule has 0 fully saturated rings. The smallest absolute Gasteiger partial charge is 0.142 e. The fourth-order valence-electron chi connectivity index (χ4n) is 1.66. The number of hydrogen-bond donors (Lipinski definition) is 1. The highest BCUT2D eigenvalue weighted by Gasteiger charge is 2.11. The zero-order valence-electron chi connectivity index (χ0n) is 9.97. The zero-order valence-corrected chi connectivity index (χ0v) is 10.7. The van der Waals surface area contributed by atoms with Gasteiger partial charge in [-0.1, -0.05) is 24.6 Å². The van der Waals surface area contributed by atoms with Crippen LogP contribution in [0.5, 0.6) is 0 Å². The summed E-state index contributed by atoms with van der Waals surface area (Å²) in [7, 11) is 0. The van der Waals surface area contributed by atoms with E-state index in [0.717, 1.165) is 24.9 Å².